The normalized spacial score (nSPS) is 14.9. The van der Waals surface area contributed by atoms with E-state index in [1.165, 1.54) is 5.56 Å². The molecule has 1 aliphatic rings. The Balaban J connectivity index is 1.62. The number of ether oxygens (including phenoxy) is 2. The third-order valence-electron chi connectivity index (χ3n) is 5.13. The monoisotopic (exact) mass is 440 g/mol. The second-order valence-corrected chi connectivity index (χ2v) is 9.70. The number of thiophene rings is 1. The molecule has 164 valence electrons. The van der Waals surface area contributed by atoms with Gasteiger partial charge in [0.1, 0.15) is 22.6 Å². The first kappa shape index (κ1) is 21.5. The number of fused-ring (bicyclic) bond motifs is 3. The van der Waals surface area contributed by atoms with E-state index >= 15 is 0 Å². The van der Waals surface area contributed by atoms with Gasteiger partial charge in [-0.05, 0) is 38.3 Å². The van der Waals surface area contributed by atoms with E-state index in [9.17, 15) is 4.79 Å². The molecule has 3 aromatic rings. The highest BCUT2D eigenvalue weighted by atomic mass is 32.1. The fraction of sp³-hybridized carbons (Fsp3) is 0.435. The summed E-state index contributed by atoms with van der Waals surface area (Å²) in [6.07, 6.45) is 2.06. The Bertz CT molecular complexity index is 1060. The van der Waals surface area contributed by atoms with Gasteiger partial charge in [0, 0.05) is 18.5 Å². The Morgan fingerprint density at radius 1 is 1.26 bits per heavy atom. The molecule has 0 saturated heterocycles. The Morgan fingerprint density at radius 3 is 2.74 bits per heavy atom. The van der Waals surface area contributed by atoms with Gasteiger partial charge in [0.15, 0.2) is 0 Å². The summed E-state index contributed by atoms with van der Waals surface area (Å²) < 4.78 is 11.0. The van der Waals surface area contributed by atoms with Gasteiger partial charge in [-0.15, -0.1) is 11.3 Å². The van der Waals surface area contributed by atoms with Crippen LogP contribution in [0.3, 0.4) is 0 Å². The molecule has 0 bridgehead atoms. The number of rotatable bonds is 5. The number of benzene rings is 1. The lowest BCUT2D eigenvalue weighted by atomic mass is 10.0. The average Bonchev–Trinajstić information content (AvgIpc) is 3.11. The van der Waals surface area contributed by atoms with Crippen molar-refractivity contribution in [3.05, 3.63) is 52.7 Å². The Hall–Kier alpha value is -2.71. The fourth-order valence-electron chi connectivity index (χ4n) is 3.76. The average molecular weight is 441 g/mol. The first-order valence-corrected chi connectivity index (χ1v) is 11.2. The molecule has 1 aliphatic heterocycles. The van der Waals surface area contributed by atoms with Gasteiger partial charge in [-0.1, -0.05) is 30.3 Å². The van der Waals surface area contributed by atoms with E-state index in [0.29, 0.717) is 19.7 Å². The van der Waals surface area contributed by atoms with Gasteiger partial charge >= 0.3 is 6.09 Å². The molecule has 1 amide bonds. The van der Waals surface area contributed by atoms with E-state index in [1.54, 1.807) is 29.7 Å². The van der Waals surface area contributed by atoms with Gasteiger partial charge in [0.05, 0.1) is 24.6 Å². The molecule has 4 rings (SSSR count). The molecule has 0 unspecified atom stereocenters. The molecular weight excluding hydrogens is 412 g/mol. The number of methoxy groups -OCH3 is 1. The number of hydrogen-bond acceptors (Lipinski definition) is 7. The second-order valence-electron chi connectivity index (χ2n) is 8.62. The van der Waals surface area contributed by atoms with Gasteiger partial charge < -0.3 is 19.7 Å². The Kier molecular flexibility index (Phi) is 6.11. The zero-order valence-corrected chi connectivity index (χ0v) is 19.2. The third-order valence-corrected chi connectivity index (χ3v) is 6.26. The van der Waals surface area contributed by atoms with Crippen LogP contribution >= 0.6 is 11.3 Å². The quantitative estimate of drug-likeness (QED) is 0.615. The lowest BCUT2D eigenvalue weighted by Gasteiger charge is -2.30. The minimum atomic E-state index is -0.506. The molecule has 7 nitrogen and oxygen atoms in total. The molecule has 0 saturated carbocycles. The number of carbonyl (C=O) groups excluding carboxylic acids is 1. The maximum Gasteiger partial charge on any atom is 0.410 e. The van der Waals surface area contributed by atoms with Crippen molar-refractivity contribution in [3.63, 3.8) is 0 Å². The number of anilines is 1. The lowest BCUT2D eigenvalue weighted by molar-refractivity contribution is 0.0227. The van der Waals surface area contributed by atoms with Crippen LogP contribution in [0.1, 0.15) is 42.8 Å². The van der Waals surface area contributed by atoms with Crippen LogP contribution < -0.4 is 5.32 Å². The number of amides is 1. The number of aromatic nitrogens is 2. The standard InChI is InChI=1S/C23H28N4O3S/c1-23(2,3)30-22(28)27-11-10-16-18(12-27)31-21-19(16)20(24-14-25-21)26-17(13-29-4)15-8-6-5-7-9-15/h5-9,14,17H,10-13H2,1-4H3,(H,24,25,26)/t17-/m1/s1. The van der Waals surface area contributed by atoms with Gasteiger partial charge in [-0.2, -0.15) is 0 Å². The largest absolute Gasteiger partial charge is 0.444 e. The van der Waals surface area contributed by atoms with Crippen LogP contribution in [0.5, 0.6) is 0 Å². The highest BCUT2D eigenvalue weighted by molar-refractivity contribution is 7.19. The summed E-state index contributed by atoms with van der Waals surface area (Å²) in [5, 5.41) is 4.61. The second kappa shape index (κ2) is 8.80. The van der Waals surface area contributed by atoms with Crippen molar-refractivity contribution in [2.24, 2.45) is 0 Å². The van der Waals surface area contributed by atoms with Crippen molar-refractivity contribution in [3.8, 4) is 0 Å². The maximum absolute atomic E-state index is 12.5. The number of nitrogens with zero attached hydrogens (tertiary/aromatic N) is 3. The summed E-state index contributed by atoms with van der Waals surface area (Å²) >= 11 is 1.62. The van der Waals surface area contributed by atoms with Crippen LogP contribution in [0.2, 0.25) is 0 Å². The summed E-state index contributed by atoms with van der Waals surface area (Å²) in [7, 11) is 1.70. The van der Waals surface area contributed by atoms with Crippen LogP contribution in [-0.2, 0) is 22.4 Å². The smallest absolute Gasteiger partial charge is 0.410 e. The van der Waals surface area contributed by atoms with Gasteiger partial charge in [-0.25, -0.2) is 14.8 Å². The Labute approximate surface area is 186 Å². The molecule has 0 spiro atoms. The van der Waals surface area contributed by atoms with Crippen molar-refractivity contribution in [2.75, 3.05) is 25.6 Å². The van der Waals surface area contributed by atoms with E-state index in [2.05, 4.69) is 27.4 Å². The van der Waals surface area contributed by atoms with E-state index in [-0.39, 0.29) is 12.1 Å². The first-order valence-electron chi connectivity index (χ1n) is 10.4. The highest BCUT2D eigenvalue weighted by Crippen LogP contribution is 2.38. The SMILES string of the molecule is COC[C@@H](Nc1ncnc2sc3c(c12)CCN(C(=O)OC(C)(C)C)C3)c1ccccc1. The molecule has 31 heavy (non-hydrogen) atoms. The van der Waals surface area contributed by atoms with E-state index in [0.717, 1.165) is 32.9 Å². The van der Waals surface area contributed by atoms with Crippen molar-refractivity contribution in [2.45, 2.75) is 45.4 Å². The maximum atomic E-state index is 12.5. The van der Waals surface area contributed by atoms with Crippen molar-refractivity contribution >= 4 is 33.5 Å². The van der Waals surface area contributed by atoms with Crippen LogP contribution in [0.25, 0.3) is 10.2 Å². The van der Waals surface area contributed by atoms with E-state index in [1.807, 2.05) is 39.0 Å². The zero-order chi connectivity index (χ0) is 22.0. The minimum absolute atomic E-state index is 0.0262. The molecule has 1 aromatic carbocycles. The van der Waals surface area contributed by atoms with Crippen LogP contribution in [0, 0.1) is 0 Å². The molecule has 2 aromatic heterocycles. The van der Waals surface area contributed by atoms with Crippen molar-refractivity contribution < 1.29 is 14.3 Å². The summed E-state index contributed by atoms with van der Waals surface area (Å²) in [6, 6.07) is 10.2. The summed E-state index contributed by atoms with van der Waals surface area (Å²) in [5.41, 5.74) is 1.84. The number of hydrogen-bond donors (Lipinski definition) is 1. The predicted molar refractivity (Wildman–Crippen MR) is 122 cm³/mol. The van der Waals surface area contributed by atoms with Crippen LogP contribution in [-0.4, -0.2) is 46.8 Å². The van der Waals surface area contributed by atoms with Crippen LogP contribution in [0.15, 0.2) is 36.7 Å². The third kappa shape index (κ3) is 4.80. The molecule has 0 fully saturated rings. The molecule has 0 aliphatic carbocycles. The van der Waals surface area contributed by atoms with Crippen molar-refractivity contribution in [1.29, 1.82) is 0 Å². The summed E-state index contributed by atoms with van der Waals surface area (Å²) in [4.78, 5) is 25.4. The highest BCUT2D eigenvalue weighted by Gasteiger charge is 2.29. The fourth-order valence-corrected chi connectivity index (χ4v) is 4.96. The first-order chi connectivity index (χ1) is 14.9. The molecular formula is C23H28N4O3S. The molecule has 8 heteroatoms. The van der Waals surface area contributed by atoms with Crippen LogP contribution in [0.4, 0.5) is 10.6 Å². The van der Waals surface area contributed by atoms with Crippen molar-refractivity contribution in [1.82, 2.24) is 14.9 Å². The van der Waals surface area contributed by atoms with Gasteiger partial charge in [0.25, 0.3) is 0 Å². The minimum Gasteiger partial charge on any atom is -0.444 e. The number of carbonyl (C=O) groups is 1. The summed E-state index contributed by atoms with van der Waals surface area (Å²) in [5.74, 6) is 0.805. The lowest BCUT2D eigenvalue weighted by Crippen LogP contribution is -2.39. The molecule has 3 heterocycles. The predicted octanol–water partition coefficient (Wildman–Crippen LogP) is 4.78. The van der Waals surface area contributed by atoms with E-state index in [4.69, 9.17) is 9.47 Å². The van der Waals surface area contributed by atoms with Gasteiger partial charge in [0.2, 0.25) is 0 Å². The van der Waals surface area contributed by atoms with E-state index < -0.39 is 5.60 Å². The summed E-state index contributed by atoms with van der Waals surface area (Å²) in [6.45, 7) is 7.32. The van der Waals surface area contributed by atoms with Gasteiger partial charge in [-0.3, -0.25) is 0 Å². The molecule has 0 radical (unpaired) electrons. The topological polar surface area (TPSA) is 76.6 Å². The zero-order valence-electron chi connectivity index (χ0n) is 18.3. The number of nitrogens with one attached hydrogen (secondary N) is 1. The molecule has 1 N–H and O–H groups in total. The molecule has 1 atom stereocenters. The Morgan fingerprint density at radius 2 is 2.03 bits per heavy atom.